The summed E-state index contributed by atoms with van der Waals surface area (Å²) in [6.45, 7) is 4.75. The number of carbonyl (C=O) groups is 2. The summed E-state index contributed by atoms with van der Waals surface area (Å²) in [5, 5.41) is 7.36. The largest absolute Gasteiger partial charge is 0.377 e. The third-order valence-electron chi connectivity index (χ3n) is 5.49. The Labute approximate surface area is 166 Å². The fourth-order valence-corrected chi connectivity index (χ4v) is 3.82. The summed E-state index contributed by atoms with van der Waals surface area (Å²) < 4.78 is 15.0. The minimum absolute atomic E-state index is 0.0150. The van der Waals surface area contributed by atoms with Gasteiger partial charge >= 0.3 is 11.7 Å². The second-order valence-electron chi connectivity index (χ2n) is 7.19. The maximum absolute atomic E-state index is 13.4. The van der Waals surface area contributed by atoms with Crippen molar-refractivity contribution in [1.82, 2.24) is 34.5 Å². The number of benzene rings is 1. The van der Waals surface area contributed by atoms with E-state index in [4.69, 9.17) is 0 Å². The highest BCUT2D eigenvalue weighted by Crippen LogP contribution is 2.17. The van der Waals surface area contributed by atoms with E-state index in [1.807, 2.05) is 11.8 Å². The van der Waals surface area contributed by atoms with Crippen molar-refractivity contribution in [3.05, 3.63) is 40.6 Å². The average molecular weight is 403 g/mol. The summed E-state index contributed by atoms with van der Waals surface area (Å²) in [7, 11) is 0. The molecule has 0 N–H and O–H groups in total. The van der Waals surface area contributed by atoms with Gasteiger partial charge in [0.1, 0.15) is 5.82 Å². The molecule has 0 aliphatic carbocycles. The van der Waals surface area contributed by atoms with E-state index < -0.39 is 17.5 Å². The van der Waals surface area contributed by atoms with Crippen LogP contribution >= 0.6 is 0 Å². The Morgan fingerprint density at radius 3 is 2.52 bits per heavy atom. The van der Waals surface area contributed by atoms with Gasteiger partial charge in [-0.3, -0.25) is 9.69 Å². The Balaban J connectivity index is 1.43. The fourth-order valence-electron chi connectivity index (χ4n) is 3.82. The normalized spacial score (nSPS) is 19.0. The van der Waals surface area contributed by atoms with Crippen LogP contribution in [0.3, 0.4) is 0 Å². The minimum Gasteiger partial charge on any atom is -0.327 e. The first-order valence-electron chi connectivity index (χ1n) is 9.59. The lowest BCUT2D eigenvalue weighted by Gasteiger charge is -2.40. The van der Waals surface area contributed by atoms with E-state index in [0.717, 1.165) is 23.7 Å². The molecule has 2 aliphatic rings. The Hall–Kier alpha value is -3.08. The molecule has 11 heteroatoms. The monoisotopic (exact) mass is 403 g/mol. The lowest BCUT2D eigenvalue weighted by Crippen LogP contribution is -2.57. The average Bonchev–Trinajstić information content (AvgIpc) is 3.32. The molecule has 4 rings (SSSR count). The Bertz CT molecular complexity index is 980. The standard InChI is InChI=1S/C18H22FN7O3/c1-13(24-7-3-6-16(24)27)22-8-10-23(11-9-22)17(28)26-18(29)25(20-21-26)15-5-2-4-14(19)12-15/h2,4-5,12-13H,3,6-11H2,1H3. The molecule has 1 aromatic carbocycles. The SMILES string of the molecule is CC(N1CCN(C(=O)n2nnn(-c3cccc(F)c3)c2=O)CC1)N1CCCC1=O. The molecule has 2 aliphatic heterocycles. The Kier molecular flexibility index (Phi) is 5.14. The van der Waals surface area contributed by atoms with Gasteiger partial charge in [-0.1, -0.05) is 6.07 Å². The highest BCUT2D eigenvalue weighted by atomic mass is 19.1. The van der Waals surface area contributed by atoms with Gasteiger partial charge in [-0.15, -0.1) is 4.68 Å². The predicted octanol–water partition coefficient (Wildman–Crippen LogP) is 0.122. The topological polar surface area (TPSA) is 96.6 Å². The molecule has 2 fully saturated rings. The van der Waals surface area contributed by atoms with Crippen molar-refractivity contribution >= 4 is 11.9 Å². The molecule has 0 bridgehead atoms. The van der Waals surface area contributed by atoms with Crippen LogP contribution in [-0.2, 0) is 4.79 Å². The first kappa shape index (κ1) is 19.2. The van der Waals surface area contributed by atoms with Crippen molar-refractivity contribution in [2.75, 3.05) is 32.7 Å². The Morgan fingerprint density at radius 2 is 1.86 bits per heavy atom. The van der Waals surface area contributed by atoms with Crippen LogP contribution < -0.4 is 5.69 Å². The number of rotatable bonds is 3. The van der Waals surface area contributed by atoms with Gasteiger partial charge in [-0.2, -0.15) is 4.68 Å². The second kappa shape index (κ2) is 7.74. The van der Waals surface area contributed by atoms with Crippen LogP contribution in [0.2, 0.25) is 0 Å². The van der Waals surface area contributed by atoms with Gasteiger partial charge in [0.2, 0.25) is 5.91 Å². The van der Waals surface area contributed by atoms with Crippen molar-refractivity contribution in [2.24, 2.45) is 0 Å². The van der Waals surface area contributed by atoms with E-state index >= 15 is 0 Å². The molecule has 1 aromatic heterocycles. The molecule has 1 unspecified atom stereocenters. The number of carbonyl (C=O) groups excluding carboxylic acids is 2. The molecule has 10 nitrogen and oxygen atoms in total. The predicted molar refractivity (Wildman–Crippen MR) is 99.9 cm³/mol. The molecule has 2 aromatic rings. The molecule has 0 spiro atoms. The minimum atomic E-state index is -0.751. The van der Waals surface area contributed by atoms with E-state index in [-0.39, 0.29) is 17.8 Å². The van der Waals surface area contributed by atoms with Crippen molar-refractivity contribution in [3.63, 3.8) is 0 Å². The summed E-state index contributed by atoms with van der Waals surface area (Å²) in [6, 6.07) is 4.78. The molecule has 0 saturated carbocycles. The molecule has 1 atom stereocenters. The number of piperazine rings is 1. The molecular formula is C18H22FN7O3. The Morgan fingerprint density at radius 1 is 1.10 bits per heavy atom. The smallest absolute Gasteiger partial charge is 0.327 e. The summed E-state index contributed by atoms with van der Waals surface area (Å²) in [5.74, 6) is -0.353. The first-order valence-corrected chi connectivity index (χ1v) is 9.59. The van der Waals surface area contributed by atoms with Crippen LogP contribution in [0.15, 0.2) is 29.1 Å². The second-order valence-corrected chi connectivity index (χ2v) is 7.19. The van der Waals surface area contributed by atoms with Crippen LogP contribution in [0.5, 0.6) is 0 Å². The third-order valence-corrected chi connectivity index (χ3v) is 5.49. The van der Waals surface area contributed by atoms with Crippen molar-refractivity contribution in [2.45, 2.75) is 25.9 Å². The van der Waals surface area contributed by atoms with E-state index in [0.29, 0.717) is 37.3 Å². The van der Waals surface area contributed by atoms with Crippen molar-refractivity contribution in [1.29, 1.82) is 0 Å². The van der Waals surface area contributed by atoms with Gasteiger partial charge in [-0.25, -0.2) is 14.0 Å². The molecule has 154 valence electrons. The van der Waals surface area contributed by atoms with Crippen molar-refractivity contribution in [3.8, 4) is 5.69 Å². The molecular weight excluding hydrogens is 381 g/mol. The lowest BCUT2D eigenvalue weighted by atomic mass is 10.3. The summed E-state index contributed by atoms with van der Waals surface area (Å²) in [6.07, 6.45) is 1.46. The van der Waals surface area contributed by atoms with E-state index in [1.54, 1.807) is 0 Å². The zero-order valence-corrected chi connectivity index (χ0v) is 16.1. The van der Waals surface area contributed by atoms with Gasteiger partial charge in [0.05, 0.1) is 11.9 Å². The zero-order chi connectivity index (χ0) is 20.5. The van der Waals surface area contributed by atoms with Crippen molar-refractivity contribution < 1.29 is 14.0 Å². The number of nitrogens with zero attached hydrogens (tertiary/aromatic N) is 7. The number of amides is 2. The summed E-state index contributed by atoms with van der Waals surface area (Å²) in [4.78, 5) is 42.8. The quantitative estimate of drug-likeness (QED) is 0.676. The summed E-state index contributed by atoms with van der Waals surface area (Å²) >= 11 is 0. The number of hydrogen-bond acceptors (Lipinski definition) is 6. The number of hydrogen-bond donors (Lipinski definition) is 0. The van der Waals surface area contributed by atoms with Gasteiger partial charge in [0, 0.05) is 39.1 Å². The maximum atomic E-state index is 13.4. The van der Waals surface area contributed by atoms with Crippen LogP contribution in [0.25, 0.3) is 5.69 Å². The molecule has 2 saturated heterocycles. The number of halogens is 1. The van der Waals surface area contributed by atoms with Crippen LogP contribution in [0.4, 0.5) is 9.18 Å². The van der Waals surface area contributed by atoms with E-state index in [9.17, 15) is 18.8 Å². The van der Waals surface area contributed by atoms with Crippen LogP contribution in [0.1, 0.15) is 19.8 Å². The lowest BCUT2D eigenvalue weighted by molar-refractivity contribution is -0.133. The summed E-state index contributed by atoms with van der Waals surface area (Å²) in [5.41, 5.74) is -0.554. The van der Waals surface area contributed by atoms with Crippen LogP contribution in [-0.4, -0.2) is 85.3 Å². The number of likely N-dealkylation sites (tertiary alicyclic amines) is 1. The highest BCUT2D eigenvalue weighted by molar-refractivity contribution is 5.78. The van der Waals surface area contributed by atoms with Gasteiger partial charge in [-0.05, 0) is 42.0 Å². The molecule has 3 heterocycles. The zero-order valence-electron chi connectivity index (χ0n) is 16.1. The van der Waals surface area contributed by atoms with Gasteiger partial charge < -0.3 is 9.80 Å². The van der Waals surface area contributed by atoms with E-state index in [1.165, 1.54) is 23.1 Å². The maximum Gasteiger partial charge on any atom is 0.377 e. The first-order chi connectivity index (χ1) is 14.0. The molecule has 0 radical (unpaired) electrons. The number of aromatic nitrogens is 4. The highest BCUT2D eigenvalue weighted by Gasteiger charge is 2.32. The van der Waals surface area contributed by atoms with Gasteiger partial charge in [0.25, 0.3) is 0 Å². The molecule has 2 amide bonds. The fraction of sp³-hybridized carbons (Fsp3) is 0.500. The number of tetrazole rings is 1. The van der Waals surface area contributed by atoms with Crippen LogP contribution in [0, 0.1) is 5.82 Å². The van der Waals surface area contributed by atoms with Gasteiger partial charge in [0.15, 0.2) is 0 Å². The van der Waals surface area contributed by atoms with E-state index in [2.05, 4.69) is 15.3 Å². The molecule has 29 heavy (non-hydrogen) atoms. The third kappa shape index (κ3) is 3.65.